The zero-order valence-corrected chi connectivity index (χ0v) is 13.7. The number of carbonyl (C=O) groups excluding carboxylic acids is 1. The summed E-state index contributed by atoms with van der Waals surface area (Å²) in [4.78, 5) is 11.9. The van der Waals surface area contributed by atoms with Crippen LogP contribution < -0.4 is 4.72 Å². The van der Waals surface area contributed by atoms with Crippen LogP contribution in [-0.2, 0) is 24.3 Å². The average Bonchev–Trinajstić information content (AvgIpc) is 2.97. The molecule has 0 radical (unpaired) electrons. The van der Waals surface area contributed by atoms with Crippen molar-refractivity contribution in [2.45, 2.75) is 36.9 Å². The second-order valence-electron chi connectivity index (χ2n) is 5.04. The molecular weight excluding hydrogens is 330 g/mol. The van der Waals surface area contributed by atoms with Gasteiger partial charge in [0.1, 0.15) is 6.10 Å². The highest BCUT2D eigenvalue weighted by atomic mass is 35.5. The molecule has 0 saturated carbocycles. The fourth-order valence-electron chi connectivity index (χ4n) is 2.01. The lowest BCUT2D eigenvalue weighted by molar-refractivity contribution is -0.131. The lowest BCUT2D eigenvalue weighted by Crippen LogP contribution is -2.39. The van der Waals surface area contributed by atoms with Crippen LogP contribution in [0, 0.1) is 0 Å². The van der Waals surface area contributed by atoms with E-state index < -0.39 is 22.0 Å². The molecule has 6 nitrogen and oxygen atoms in total. The highest BCUT2D eigenvalue weighted by Crippen LogP contribution is 2.16. The third kappa shape index (κ3) is 4.67. The molecule has 1 amide bonds. The van der Waals surface area contributed by atoms with E-state index >= 15 is 0 Å². The smallest absolute Gasteiger partial charge is 0.264 e. The summed E-state index contributed by atoms with van der Waals surface area (Å²) in [5.41, 5.74) is 0. The average molecular weight is 348 g/mol. The van der Waals surface area contributed by atoms with Crippen LogP contribution >= 0.6 is 11.6 Å². The number of nitrogens with one attached hydrogen (secondary N) is 1. The number of amides is 1. The molecule has 1 heterocycles. The fourth-order valence-corrected chi connectivity index (χ4v) is 3.36. The highest BCUT2D eigenvalue weighted by molar-refractivity contribution is 7.90. The van der Waals surface area contributed by atoms with E-state index in [1.54, 1.807) is 6.07 Å². The molecule has 1 N–H and O–H groups in total. The van der Waals surface area contributed by atoms with Crippen molar-refractivity contribution in [2.24, 2.45) is 0 Å². The molecular formula is C14H18ClNO5S. The Labute approximate surface area is 134 Å². The Morgan fingerprint density at radius 3 is 2.95 bits per heavy atom. The van der Waals surface area contributed by atoms with Crippen molar-refractivity contribution in [3.05, 3.63) is 29.3 Å². The minimum Gasteiger partial charge on any atom is -0.376 e. The first-order valence-corrected chi connectivity index (χ1v) is 8.80. The molecule has 1 aliphatic rings. The Bertz CT molecular complexity index is 628. The molecule has 8 heteroatoms. The van der Waals surface area contributed by atoms with Crippen molar-refractivity contribution in [1.82, 2.24) is 4.72 Å². The van der Waals surface area contributed by atoms with E-state index in [0.717, 1.165) is 12.8 Å². The molecule has 0 aromatic heterocycles. The van der Waals surface area contributed by atoms with Crippen LogP contribution in [-0.4, -0.2) is 39.7 Å². The first kappa shape index (κ1) is 17.2. The minimum atomic E-state index is -3.96. The molecule has 1 aliphatic heterocycles. The van der Waals surface area contributed by atoms with Gasteiger partial charge in [-0.3, -0.25) is 4.79 Å². The third-order valence-electron chi connectivity index (χ3n) is 3.27. The molecule has 1 fully saturated rings. The van der Waals surface area contributed by atoms with Gasteiger partial charge in [0.15, 0.2) is 0 Å². The monoisotopic (exact) mass is 347 g/mol. The van der Waals surface area contributed by atoms with Crippen LogP contribution in [0.4, 0.5) is 0 Å². The van der Waals surface area contributed by atoms with E-state index in [2.05, 4.69) is 0 Å². The van der Waals surface area contributed by atoms with Gasteiger partial charge >= 0.3 is 0 Å². The maximum absolute atomic E-state index is 12.1. The maximum Gasteiger partial charge on any atom is 0.264 e. The number of sulfonamides is 1. The molecule has 22 heavy (non-hydrogen) atoms. The number of carbonyl (C=O) groups is 1. The number of halogens is 1. The Morgan fingerprint density at radius 1 is 1.55 bits per heavy atom. The van der Waals surface area contributed by atoms with E-state index in [-0.39, 0.29) is 22.6 Å². The summed E-state index contributed by atoms with van der Waals surface area (Å²) >= 11 is 5.76. The van der Waals surface area contributed by atoms with E-state index in [4.69, 9.17) is 21.1 Å². The Hall–Kier alpha value is -1.15. The fraction of sp³-hybridized carbons (Fsp3) is 0.500. The molecule has 0 unspecified atom stereocenters. The normalized spacial score (nSPS) is 19.8. The van der Waals surface area contributed by atoms with Gasteiger partial charge in [-0.05, 0) is 38.0 Å². The number of ether oxygens (including phenoxy) is 2. The van der Waals surface area contributed by atoms with Crippen molar-refractivity contribution in [3.63, 3.8) is 0 Å². The maximum atomic E-state index is 12.1. The number of rotatable bonds is 6. The summed E-state index contributed by atoms with van der Waals surface area (Å²) in [5, 5.41) is 0.276. The van der Waals surface area contributed by atoms with Crippen LogP contribution in [0.1, 0.15) is 19.8 Å². The topological polar surface area (TPSA) is 81.7 Å². The van der Waals surface area contributed by atoms with Crippen LogP contribution in [0.3, 0.4) is 0 Å². The summed E-state index contributed by atoms with van der Waals surface area (Å²) in [7, 11) is -3.96. The molecule has 0 bridgehead atoms. The van der Waals surface area contributed by atoms with Crippen molar-refractivity contribution >= 4 is 27.5 Å². The molecule has 1 aromatic rings. The Morgan fingerprint density at radius 2 is 2.32 bits per heavy atom. The Kier molecular flexibility index (Phi) is 5.80. The van der Waals surface area contributed by atoms with E-state index in [1.807, 2.05) is 4.72 Å². The van der Waals surface area contributed by atoms with Gasteiger partial charge in [0.25, 0.3) is 15.9 Å². The van der Waals surface area contributed by atoms with Crippen molar-refractivity contribution in [1.29, 1.82) is 0 Å². The van der Waals surface area contributed by atoms with Gasteiger partial charge < -0.3 is 9.47 Å². The van der Waals surface area contributed by atoms with Gasteiger partial charge in [-0.25, -0.2) is 13.1 Å². The summed E-state index contributed by atoms with van der Waals surface area (Å²) in [6.45, 7) is 2.46. The quantitative estimate of drug-likeness (QED) is 0.847. The number of benzene rings is 1. The van der Waals surface area contributed by atoms with E-state index in [9.17, 15) is 13.2 Å². The van der Waals surface area contributed by atoms with Gasteiger partial charge in [-0.15, -0.1) is 0 Å². The summed E-state index contributed by atoms with van der Waals surface area (Å²) in [6.07, 6.45) is 0.936. The lowest BCUT2D eigenvalue weighted by atomic mass is 10.2. The van der Waals surface area contributed by atoms with Crippen LogP contribution in [0.15, 0.2) is 29.2 Å². The van der Waals surface area contributed by atoms with Gasteiger partial charge in [0.05, 0.1) is 17.6 Å². The predicted molar refractivity (Wildman–Crippen MR) is 81.2 cm³/mol. The summed E-state index contributed by atoms with van der Waals surface area (Å²) in [5.74, 6) is -0.724. The van der Waals surface area contributed by atoms with Crippen molar-refractivity contribution in [2.75, 3.05) is 13.2 Å². The van der Waals surface area contributed by atoms with Crippen LogP contribution in [0.25, 0.3) is 0 Å². The molecule has 1 aromatic carbocycles. The van der Waals surface area contributed by atoms with Crippen LogP contribution in [0.2, 0.25) is 5.02 Å². The summed E-state index contributed by atoms with van der Waals surface area (Å²) < 4.78 is 36.9. The van der Waals surface area contributed by atoms with Gasteiger partial charge in [0.2, 0.25) is 0 Å². The van der Waals surface area contributed by atoms with E-state index in [1.165, 1.54) is 25.1 Å². The predicted octanol–water partition coefficient (Wildman–Crippen LogP) is 1.73. The van der Waals surface area contributed by atoms with Gasteiger partial charge in [0, 0.05) is 11.6 Å². The second-order valence-corrected chi connectivity index (χ2v) is 7.16. The zero-order chi connectivity index (χ0) is 16.2. The molecule has 0 aliphatic carbocycles. The van der Waals surface area contributed by atoms with Gasteiger partial charge in [-0.2, -0.15) is 0 Å². The van der Waals surface area contributed by atoms with Crippen LogP contribution in [0.5, 0.6) is 0 Å². The standard InChI is InChI=1S/C14H18ClNO5S/c1-10(21-9-12-5-3-7-20-12)14(17)16-22(18,19)13-6-2-4-11(15)8-13/h2,4,6,8,10,12H,3,5,7,9H2,1H3,(H,16,17)/t10-,12+/m1/s1. The summed E-state index contributed by atoms with van der Waals surface area (Å²) in [6, 6.07) is 5.68. The molecule has 2 rings (SSSR count). The second kappa shape index (κ2) is 7.41. The lowest BCUT2D eigenvalue weighted by Gasteiger charge is -2.16. The third-order valence-corrected chi connectivity index (χ3v) is 4.85. The highest BCUT2D eigenvalue weighted by Gasteiger charge is 2.24. The molecule has 2 atom stereocenters. The SMILES string of the molecule is C[C@@H](OC[C@@H]1CCCO1)C(=O)NS(=O)(=O)c1cccc(Cl)c1. The number of hydrogen-bond donors (Lipinski definition) is 1. The zero-order valence-electron chi connectivity index (χ0n) is 12.1. The van der Waals surface area contributed by atoms with Crippen molar-refractivity contribution < 1.29 is 22.7 Å². The first-order chi connectivity index (χ1) is 10.4. The van der Waals surface area contributed by atoms with Crippen molar-refractivity contribution in [3.8, 4) is 0 Å². The number of hydrogen-bond acceptors (Lipinski definition) is 5. The van der Waals surface area contributed by atoms with E-state index in [0.29, 0.717) is 6.61 Å². The minimum absolute atomic E-state index is 0.0280. The van der Waals surface area contributed by atoms with Gasteiger partial charge in [-0.1, -0.05) is 17.7 Å². The molecule has 122 valence electrons. The first-order valence-electron chi connectivity index (χ1n) is 6.94. The molecule has 0 spiro atoms. The largest absolute Gasteiger partial charge is 0.376 e. The molecule has 1 saturated heterocycles. The Balaban J connectivity index is 1.92.